The zero-order valence-electron chi connectivity index (χ0n) is 8.81. The molecule has 0 spiro atoms. The number of nitrogens with one attached hydrogen (secondary N) is 1. The number of carbonyl (C=O) groups excluding carboxylic acids is 2. The van der Waals surface area contributed by atoms with Crippen LogP contribution in [0.4, 0.5) is 0 Å². The summed E-state index contributed by atoms with van der Waals surface area (Å²) in [7, 11) is 0. The van der Waals surface area contributed by atoms with Crippen LogP contribution < -0.4 is 16.8 Å². The summed E-state index contributed by atoms with van der Waals surface area (Å²) >= 11 is 1.64. The van der Waals surface area contributed by atoms with Crippen LogP contribution in [0.5, 0.6) is 0 Å². The molecule has 0 aromatic carbocycles. The van der Waals surface area contributed by atoms with Crippen LogP contribution in [-0.4, -0.2) is 24.4 Å². The molecule has 0 aliphatic carbocycles. The second-order valence-corrected chi connectivity index (χ2v) is 4.43. The van der Waals surface area contributed by atoms with Crippen molar-refractivity contribution in [1.82, 2.24) is 5.32 Å². The van der Waals surface area contributed by atoms with Gasteiger partial charge in [-0.2, -0.15) is 0 Å². The topological polar surface area (TPSA) is 98.2 Å². The van der Waals surface area contributed by atoms with Crippen molar-refractivity contribution in [2.45, 2.75) is 18.9 Å². The number of rotatable bonds is 6. The fourth-order valence-corrected chi connectivity index (χ4v) is 1.91. The van der Waals surface area contributed by atoms with E-state index in [0.29, 0.717) is 6.54 Å². The first-order chi connectivity index (χ1) is 7.59. The monoisotopic (exact) mass is 241 g/mol. The van der Waals surface area contributed by atoms with E-state index in [1.165, 1.54) is 4.88 Å². The third-order valence-electron chi connectivity index (χ3n) is 2.01. The lowest BCUT2D eigenvalue weighted by Gasteiger charge is -2.09. The van der Waals surface area contributed by atoms with Gasteiger partial charge in [0.25, 0.3) is 0 Å². The molecule has 1 rings (SSSR count). The molecule has 0 fully saturated rings. The van der Waals surface area contributed by atoms with Crippen LogP contribution in [0.3, 0.4) is 0 Å². The summed E-state index contributed by atoms with van der Waals surface area (Å²) in [5.41, 5.74) is 10.4. The van der Waals surface area contributed by atoms with Crippen LogP contribution in [0, 0.1) is 0 Å². The highest BCUT2D eigenvalue weighted by atomic mass is 32.1. The molecule has 0 bridgehead atoms. The van der Waals surface area contributed by atoms with Crippen molar-refractivity contribution in [2.75, 3.05) is 6.54 Å². The predicted molar refractivity (Wildman–Crippen MR) is 62.8 cm³/mol. The second-order valence-electron chi connectivity index (χ2n) is 3.40. The average Bonchev–Trinajstić information content (AvgIpc) is 2.69. The molecule has 0 saturated heterocycles. The van der Waals surface area contributed by atoms with Crippen LogP contribution in [-0.2, 0) is 16.0 Å². The van der Waals surface area contributed by atoms with Gasteiger partial charge in [-0.05, 0) is 17.9 Å². The predicted octanol–water partition coefficient (Wildman–Crippen LogP) is -0.391. The highest BCUT2D eigenvalue weighted by Crippen LogP contribution is 2.07. The van der Waals surface area contributed by atoms with Crippen molar-refractivity contribution in [3.05, 3.63) is 22.4 Å². The van der Waals surface area contributed by atoms with Crippen molar-refractivity contribution in [2.24, 2.45) is 11.5 Å². The van der Waals surface area contributed by atoms with Gasteiger partial charge in [0.1, 0.15) is 0 Å². The highest BCUT2D eigenvalue weighted by molar-refractivity contribution is 7.09. The number of nitrogens with two attached hydrogens (primary N) is 2. The van der Waals surface area contributed by atoms with Crippen molar-refractivity contribution >= 4 is 23.2 Å². The summed E-state index contributed by atoms with van der Waals surface area (Å²) < 4.78 is 0. The quantitative estimate of drug-likeness (QED) is 0.632. The van der Waals surface area contributed by atoms with Gasteiger partial charge in [0.05, 0.1) is 12.5 Å². The molecule has 1 aromatic rings. The van der Waals surface area contributed by atoms with Gasteiger partial charge < -0.3 is 16.8 Å². The highest BCUT2D eigenvalue weighted by Gasteiger charge is 2.14. The molecule has 5 nitrogen and oxygen atoms in total. The van der Waals surface area contributed by atoms with Crippen molar-refractivity contribution in [3.8, 4) is 0 Å². The molecule has 0 saturated carbocycles. The molecule has 1 unspecified atom stereocenters. The standard InChI is InChI=1S/C10H15N3O2S/c11-8(6-9(12)14)10(15)13-4-3-7-2-1-5-16-7/h1-2,5,8H,3-4,6,11H2,(H2,12,14)(H,13,15). The summed E-state index contributed by atoms with van der Waals surface area (Å²) in [5, 5.41) is 4.64. The molecule has 0 aliphatic rings. The molecule has 0 aliphatic heterocycles. The minimum absolute atomic E-state index is 0.120. The Kier molecular flexibility index (Phi) is 4.94. The van der Waals surface area contributed by atoms with Gasteiger partial charge in [-0.3, -0.25) is 9.59 Å². The molecular formula is C10H15N3O2S. The first kappa shape index (κ1) is 12.7. The Morgan fingerprint density at radius 3 is 2.81 bits per heavy atom. The van der Waals surface area contributed by atoms with Gasteiger partial charge in [0.2, 0.25) is 11.8 Å². The van der Waals surface area contributed by atoms with E-state index in [0.717, 1.165) is 6.42 Å². The Bertz CT molecular complexity index is 351. The van der Waals surface area contributed by atoms with Crippen molar-refractivity contribution in [1.29, 1.82) is 0 Å². The molecule has 2 amide bonds. The Hall–Kier alpha value is -1.40. The van der Waals surface area contributed by atoms with Crippen LogP contribution >= 0.6 is 11.3 Å². The van der Waals surface area contributed by atoms with Gasteiger partial charge in [0, 0.05) is 11.4 Å². The molecule has 1 heterocycles. The lowest BCUT2D eigenvalue weighted by Crippen LogP contribution is -2.43. The van der Waals surface area contributed by atoms with Gasteiger partial charge in [-0.1, -0.05) is 6.07 Å². The van der Waals surface area contributed by atoms with Gasteiger partial charge in [-0.25, -0.2) is 0 Å². The molecule has 16 heavy (non-hydrogen) atoms. The molecule has 0 radical (unpaired) electrons. The molecule has 88 valence electrons. The summed E-state index contributed by atoms with van der Waals surface area (Å²) in [5.74, 6) is -0.906. The minimum atomic E-state index is -0.846. The summed E-state index contributed by atoms with van der Waals surface area (Å²) in [6.45, 7) is 0.520. The normalized spacial score (nSPS) is 12.1. The lowest BCUT2D eigenvalue weighted by molar-refractivity contribution is -0.126. The first-order valence-corrected chi connectivity index (χ1v) is 5.81. The Morgan fingerprint density at radius 2 is 2.25 bits per heavy atom. The largest absolute Gasteiger partial charge is 0.370 e. The van der Waals surface area contributed by atoms with Gasteiger partial charge in [-0.15, -0.1) is 11.3 Å². The smallest absolute Gasteiger partial charge is 0.237 e. The van der Waals surface area contributed by atoms with E-state index in [9.17, 15) is 9.59 Å². The second kappa shape index (κ2) is 6.24. The fourth-order valence-electron chi connectivity index (χ4n) is 1.20. The fraction of sp³-hybridized carbons (Fsp3) is 0.400. The molecule has 5 N–H and O–H groups in total. The third kappa shape index (κ3) is 4.41. The number of thiophene rings is 1. The van der Waals surface area contributed by atoms with E-state index in [4.69, 9.17) is 11.5 Å². The number of hydrogen-bond acceptors (Lipinski definition) is 4. The Balaban J connectivity index is 2.22. The minimum Gasteiger partial charge on any atom is -0.370 e. The molecule has 1 atom stereocenters. The summed E-state index contributed by atoms with van der Waals surface area (Å²) in [6, 6.07) is 3.11. The third-order valence-corrected chi connectivity index (χ3v) is 2.94. The van der Waals surface area contributed by atoms with E-state index < -0.39 is 11.9 Å². The van der Waals surface area contributed by atoms with Crippen LogP contribution in [0.2, 0.25) is 0 Å². The maximum absolute atomic E-state index is 11.4. The zero-order chi connectivity index (χ0) is 12.0. The van der Waals surface area contributed by atoms with E-state index in [2.05, 4.69) is 5.32 Å². The zero-order valence-corrected chi connectivity index (χ0v) is 9.63. The number of amides is 2. The molecule has 1 aromatic heterocycles. The Labute approximate surface area is 97.8 Å². The van der Waals surface area contributed by atoms with Gasteiger partial charge >= 0.3 is 0 Å². The summed E-state index contributed by atoms with van der Waals surface area (Å²) in [6.07, 6.45) is 0.650. The maximum Gasteiger partial charge on any atom is 0.237 e. The van der Waals surface area contributed by atoms with Crippen LogP contribution in [0.25, 0.3) is 0 Å². The van der Waals surface area contributed by atoms with E-state index in [-0.39, 0.29) is 12.3 Å². The Morgan fingerprint density at radius 1 is 1.50 bits per heavy atom. The van der Waals surface area contributed by atoms with Crippen molar-refractivity contribution in [3.63, 3.8) is 0 Å². The molecular weight excluding hydrogens is 226 g/mol. The SMILES string of the molecule is NC(=O)CC(N)C(=O)NCCc1cccs1. The van der Waals surface area contributed by atoms with Crippen LogP contribution in [0.15, 0.2) is 17.5 Å². The van der Waals surface area contributed by atoms with Crippen LogP contribution in [0.1, 0.15) is 11.3 Å². The van der Waals surface area contributed by atoms with E-state index in [1.54, 1.807) is 11.3 Å². The molecule has 6 heteroatoms. The maximum atomic E-state index is 11.4. The number of carbonyl (C=O) groups is 2. The van der Waals surface area contributed by atoms with E-state index in [1.807, 2.05) is 17.5 Å². The lowest BCUT2D eigenvalue weighted by atomic mass is 10.2. The van der Waals surface area contributed by atoms with Crippen molar-refractivity contribution < 1.29 is 9.59 Å². The van der Waals surface area contributed by atoms with Gasteiger partial charge in [0.15, 0.2) is 0 Å². The first-order valence-electron chi connectivity index (χ1n) is 4.93. The van der Waals surface area contributed by atoms with E-state index >= 15 is 0 Å². The summed E-state index contributed by atoms with van der Waals surface area (Å²) in [4.78, 5) is 23.1. The average molecular weight is 241 g/mol. The number of primary amides is 1. The number of hydrogen-bond donors (Lipinski definition) is 3.